The van der Waals surface area contributed by atoms with Gasteiger partial charge in [-0.25, -0.2) is 0 Å². The molecule has 0 saturated heterocycles. The molecule has 0 aliphatic carbocycles. The van der Waals surface area contributed by atoms with Crippen molar-refractivity contribution in [2.24, 2.45) is 0 Å². The molecule has 1 rings (SSSR count). The van der Waals surface area contributed by atoms with Crippen molar-refractivity contribution < 1.29 is 13.2 Å². The van der Waals surface area contributed by atoms with Gasteiger partial charge in [-0.15, -0.1) is 5.54 Å². The van der Waals surface area contributed by atoms with Gasteiger partial charge in [0.05, 0.1) is 5.56 Å². The zero-order chi connectivity index (χ0) is 12.4. The monoisotopic (exact) mass is 241 g/mol. The first-order chi connectivity index (χ1) is 7.20. The summed E-state index contributed by atoms with van der Waals surface area (Å²) in [7, 11) is -1.66. The van der Waals surface area contributed by atoms with Gasteiger partial charge < -0.3 is 0 Å². The average Bonchev–Trinajstić information content (AvgIpc) is 2.12. The highest BCUT2D eigenvalue weighted by molar-refractivity contribution is 6.83. The van der Waals surface area contributed by atoms with E-state index < -0.39 is 19.8 Å². The summed E-state index contributed by atoms with van der Waals surface area (Å²) in [6.07, 6.45) is -4.36. The molecule has 16 heavy (non-hydrogen) atoms. The van der Waals surface area contributed by atoms with Crippen molar-refractivity contribution in [1.82, 2.24) is 0 Å². The van der Waals surface area contributed by atoms with Gasteiger partial charge in [-0.1, -0.05) is 31.6 Å². The van der Waals surface area contributed by atoms with Crippen LogP contribution in [0, 0.1) is 17.5 Å². The number of hydrogen-bond donors (Lipinski definition) is 0. The molecule has 1 aromatic rings. The first kappa shape index (κ1) is 12.9. The summed E-state index contributed by atoms with van der Waals surface area (Å²) in [5.74, 6) is 2.63. The average molecular weight is 241 g/mol. The van der Waals surface area contributed by atoms with E-state index in [0.29, 0.717) is 0 Å². The van der Waals surface area contributed by atoms with Crippen LogP contribution in [-0.4, -0.2) is 8.07 Å². The normalized spacial score (nSPS) is 11.9. The van der Waals surface area contributed by atoms with E-state index in [0.717, 1.165) is 6.07 Å². The lowest BCUT2D eigenvalue weighted by Gasteiger charge is -2.09. The Morgan fingerprint density at radius 3 is 2.38 bits per heavy atom. The van der Waals surface area contributed by atoms with Gasteiger partial charge in [0.2, 0.25) is 0 Å². The minimum absolute atomic E-state index is 0.0358. The van der Waals surface area contributed by atoms with Crippen LogP contribution in [0.3, 0.4) is 0 Å². The molecule has 0 bridgehead atoms. The summed E-state index contributed by atoms with van der Waals surface area (Å²) in [6, 6.07) is 6.17. The fourth-order valence-electron chi connectivity index (χ4n) is 1.03. The van der Waals surface area contributed by atoms with Crippen LogP contribution in [0.1, 0.15) is 11.1 Å². The molecule has 0 fully saturated rings. The molecule has 0 spiro atoms. The number of hydrogen-bond acceptors (Lipinski definition) is 0. The Bertz CT molecular complexity index is 430. The van der Waals surface area contributed by atoms with Crippen LogP contribution in [0.2, 0.25) is 19.6 Å². The van der Waals surface area contributed by atoms with E-state index in [2.05, 4.69) is 17.5 Å². The summed E-state index contributed by atoms with van der Waals surface area (Å²) in [4.78, 5) is 0. The predicted octanol–water partition coefficient (Wildman–Crippen LogP) is 3.73. The number of halogens is 3. The van der Waals surface area contributed by atoms with E-state index in [1.54, 1.807) is 0 Å². The van der Waals surface area contributed by atoms with Crippen LogP contribution in [-0.2, 0) is 6.18 Å². The SMILES string of the molecule is C[Si](C)(C)C#Cc1cc[c]cc1C(F)(F)F. The van der Waals surface area contributed by atoms with Crippen LogP contribution in [0.4, 0.5) is 13.2 Å². The maximum absolute atomic E-state index is 12.6. The third kappa shape index (κ3) is 3.74. The van der Waals surface area contributed by atoms with Crippen molar-refractivity contribution in [1.29, 1.82) is 0 Å². The quantitative estimate of drug-likeness (QED) is 0.479. The van der Waals surface area contributed by atoms with Gasteiger partial charge in [-0.2, -0.15) is 13.2 Å². The van der Waals surface area contributed by atoms with Crippen molar-refractivity contribution >= 4 is 8.07 Å². The molecular formula is C12H12F3Si. The van der Waals surface area contributed by atoms with Gasteiger partial charge in [0.1, 0.15) is 8.07 Å². The number of rotatable bonds is 0. The Kier molecular flexibility index (Phi) is 3.49. The Morgan fingerprint density at radius 1 is 1.25 bits per heavy atom. The summed E-state index contributed by atoms with van der Waals surface area (Å²) in [5.41, 5.74) is 2.25. The highest BCUT2D eigenvalue weighted by Crippen LogP contribution is 2.31. The van der Waals surface area contributed by atoms with Crippen LogP contribution in [0.25, 0.3) is 0 Å². The lowest BCUT2D eigenvalue weighted by Crippen LogP contribution is -2.16. The maximum Gasteiger partial charge on any atom is 0.417 e. The van der Waals surface area contributed by atoms with E-state index in [1.165, 1.54) is 12.1 Å². The van der Waals surface area contributed by atoms with Crippen molar-refractivity contribution in [3.63, 3.8) is 0 Å². The number of benzene rings is 1. The maximum atomic E-state index is 12.6. The number of alkyl halides is 3. The lowest BCUT2D eigenvalue weighted by atomic mass is 10.1. The second-order valence-electron chi connectivity index (χ2n) is 4.47. The molecule has 1 radical (unpaired) electrons. The van der Waals surface area contributed by atoms with Crippen molar-refractivity contribution in [3.05, 3.63) is 35.4 Å². The van der Waals surface area contributed by atoms with Crippen molar-refractivity contribution in [3.8, 4) is 11.5 Å². The van der Waals surface area contributed by atoms with E-state index in [1.807, 2.05) is 19.6 Å². The minimum atomic E-state index is -4.36. The van der Waals surface area contributed by atoms with Gasteiger partial charge in [0, 0.05) is 5.56 Å². The minimum Gasteiger partial charge on any atom is -0.166 e. The molecule has 0 amide bonds. The fourth-order valence-corrected chi connectivity index (χ4v) is 1.54. The molecule has 0 unspecified atom stereocenters. The Labute approximate surface area is 94.5 Å². The molecule has 0 heterocycles. The van der Waals surface area contributed by atoms with Gasteiger partial charge in [0.15, 0.2) is 0 Å². The van der Waals surface area contributed by atoms with E-state index in [9.17, 15) is 13.2 Å². The molecule has 0 aromatic heterocycles. The first-order valence-corrected chi connectivity index (χ1v) is 8.30. The van der Waals surface area contributed by atoms with E-state index >= 15 is 0 Å². The summed E-state index contributed by atoms with van der Waals surface area (Å²) in [6.45, 7) is 5.97. The van der Waals surface area contributed by atoms with Crippen LogP contribution < -0.4 is 0 Å². The van der Waals surface area contributed by atoms with Crippen molar-refractivity contribution in [2.75, 3.05) is 0 Å². The molecule has 1 aromatic carbocycles. The molecule has 0 aliphatic heterocycles. The Hall–Kier alpha value is -1.21. The second-order valence-corrected chi connectivity index (χ2v) is 9.22. The Morgan fingerprint density at radius 2 is 1.88 bits per heavy atom. The lowest BCUT2D eigenvalue weighted by molar-refractivity contribution is -0.137. The summed E-state index contributed by atoms with van der Waals surface area (Å²) >= 11 is 0. The molecule has 85 valence electrons. The van der Waals surface area contributed by atoms with E-state index in [-0.39, 0.29) is 5.56 Å². The van der Waals surface area contributed by atoms with Crippen LogP contribution in [0.5, 0.6) is 0 Å². The molecular weight excluding hydrogens is 229 g/mol. The van der Waals surface area contributed by atoms with Crippen molar-refractivity contribution in [2.45, 2.75) is 25.8 Å². The van der Waals surface area contributed by atoms with Gasteiger partial charge in [-0.05, 0) is 18.2 Å². The third-order valence-electron chi connectivity index (χ3n) is 1.74. The first-order valence-electron chi connectivity index (χ1n) is 4.80. The molecule has 0 N–H and O–H groups in total. The molecule has 0 atom stereocenters. The zero-order valence-electron chi connectivity index (χ0n) is 9.37. The van der Waals surface area contributed by atoms with E-state index in [4.69, 9.17) is 0 Å². The molecule has 0 saturated carbocycles. The standard InChI is InChI=1S/C12H12F3Si/c1-16(2,3)9-8-10-6-4-5-7-11(10)12(13,14)15/h4,6-7H,1-3H3. The topological polar surface area (TPSA) is 0 Å². The smallest absolute Gasteiger partial charge is 0.166 e. The van der Waals surface area contributed by atoms with Gasteiger partial charge in [0.25, 0.3) is 0 Å². The summed E-state index contributed by atoms with van der Waals surface area (Å²) < 4.78 is 37.8. The highest BCUT2D eigenvalue weighted by Gasteiger charge is 2.32. The van der Waals surface area contributed by atoms with Crippen LogP contribution >= 0.6 is 0 Å². The molecule has 4 heteroatoms. The second kappa shape index (κ2) is 4.34. The fraction of sp³-hybridized carbons (Fsp3) is 0.333. The zero-order valence-corrected chi connectivity index (χ0v) is 10.4. The van der Waals surface area contributed by atoms with Crippen LogP contribution in [0.15, 0.2) is 18.2 Å². The van der Waals surface area contributed by atoms with Gasteiger partial charge in [-0.3, -0.25) is 0 Å². The Balaban J connectivity index is 3.19. The molecule has 0 aliphatic rings. The third-order valence-corrected chi connectivity index (χ3v) is 2.62. The molecule has 0 nitrogen and oxygen atoms in total. The summed E-state index contributed by atoms with van der Waals surface area (Å²) in [5, 5.41) is 0. The largest absolute Gasteiger partial charge is 0.417 e. The highest BCUT2D eigenvalue weighted by atomic mass is 28.3. The van der Waals surface area contributed by atoms with Gasteiger partial charge >= 0.3 is 6.18 Å². The predicted molar refractivity (Wildman–Crippen MR) is 60.5 cm³/mol.